The van der Waals surface area contributed by atoms with Gasteiger partial charge in [-0.3, -0.25) is 0 Å². The summed E-state index contributed by atoms with van der Waals surface area (Å²) in [7, 11) is 1.66. The van der Waals surface area contributed by atoms with E-state index >= 15 is 0 Å². The van der Waals surface area contributed by atoms with E-state index in [1.54, 1.807) is 11.8 Å². The van der Waals surface area contributed by atoms with Gasteiger partial charge in [0.15, 0.2) is 4.34 Å². The van der Waals surface area contributed by atoms with E-state index in [1.165, 1.54) is 23.3 Å². The van der Waals surface area contributed by atoms with Crippen molar-refractivity contribution in [3.8, 4) is 5.69 Å². The quantitative estimate of drug-likeness (QED) is 0.631. The molecule has 0 atom stereocenters. The average molecular weight is 399 g/mol. The Morgan fingerprint density at radius 2 is 2.14 bits per heavy atom. The van der Waals surface area contributed by atoms with Crippen LogP contribution in [0.15, 0.2) is 38.2 Å². The first kappa shape index (κ1) is 15.5. The van der Waals surface area contributed by atoms with E-state index in [0.717, 1.165) is 20.3 Å². The molecule has 0 aliphatic rings. The first-order chi connectivity index (χ1) is 10.8. The number of benzene rings is 1. The summed E-state index contributed by atoms with van der Waals surface area (Å²) >= 11 is 6.14. The molecule has 2 aromatic heterocycles. The molecule has 114 valence electrons. The third-order valence-corrected chi connectivity index (χ3v) is 4.92. The third-order valence-electron chi connectivity index (χ3n) is 2.67. The molecule has 0 fully saturated rings. The van der Waals surface area contributed by atoms with E-state index in [4.69, 9.17) is 4.74 Å². The molecule has 0 N–H and O–H groups in total. The van der Waals surface area contributed by atoms with E-state index in [9.17, 15) is 0 Å². The van der Waals surface area contributed by atoms with Crippen LogP contribution < -0.4 is 0 Å². The lowest BCUT2D eigenvalue weighted by Crippen LogP contribution is -1.98. The van der Waals surface area contributed by atoms with E-state index in [0.29, 0.717) is 18.2 Å². The molecule has 0 radical (unpaired) electrons. The Balaban J connectivity index is 1.77. The number of methoxy groups -OCH3 is 1. The number of hydrogen-bond donors (Lipinski definition) is 0. The molecule has 7 nitrogen and oxygen atoms in total. The molecular formula is C12H11BrN6OS2. The molecule has 0 bridgehead atoms. The number of aromatic nitrogens is 6. The fourth-order valence-corrected chi connectivity index (χ4v) is 3.46. The fraction of sp³-hybridized carbons (Fsp3) is 0.250. The van der Waals surface area contributed by atoms with Crippen molar-refractivity contribution in [2.24, 2.45) is 0 Å². The summed E-state index contributed by atoms with van der Waals surface area (Å²) < 4.78 is 12.8. The van der Waals surface area contributed by atoms with Crippen molar-refractivity contribution in [1.29, 1.82) is 0 Å². The monoisotopic (exact) mass is 398 g/mol. The van der Waals surface area contributed by atoms with Gasteiger partial charge in [0, 0.05) is 18.0 Å². The lowest BCUT2D eigenvalue weighted by molar-refractivity contribution is 0.200. The van der Waals surface area contributed by atoms with Crippen LogP contribution in [0.1, 0.15) is 5.82 Å². The SMILES string of the molecule is COCCc1nsc(Sc2nnnn2-c2ccc(Br)cc2)n1. The maximum atomic E-state index is 5.03. The molecule has 3 rings (SSSR count). The van der Waals surface area contributed by atoms with Crippen LogP contribution in [0.25, 0.3) is 5.69 Å². The van der Waals surface area contributed by atoms with Gasteiger partial charge in [0.2, 0.25) is 5.16 Å². The normalized spacial score (nSPS) is 11.0. The number of tetrazole rings is 1. The van der Waals surface area contributed by atoms with Gasteiger partial charge in [-0.2, -0.15) is 9.06 Å². The Hall–Kier alpha value is -1.36. The molecule has 0 saturated heterocycles. The zero-order valence-corrected chi connectivity index (χ0v) is 14.7. The lowest BCUT2D eigenvalue weighted by Gasteiger charge is -2.02. The number of halogens is 1. The molecule has 3 aromatic rings. The smallest absolute Gasteiger partial charge is 0.221 e. The van der Waals surface area contributed by atoms with Gasteiger partial charge in [-0.25, -0.2) is 4.98 Å². The van der Waals surface area contributed by atoms with Crippen LogP contribution in [0.3, 0.4) is 0 Å². The molecule has 1 aromatic carbocycles. The van der Waals surface area contributed by atoms with Gasteiger partial charge in [0.05, 0.1) is 12.3 Å². The topological polar surface area (TPSA) is 78.6 Å². The van der Waals surface area contributed by atoms with Gasteiger partial charge in [-0.15, -0.1) is 5.10 Å². The lowest BCUT2D eigenvalue weighted by atomic mass is 10.3. The van der Waals surface area contributed by atoms with Crippen LogP contribution in [-0.2, 0) is 11.2 Å². The average Bonchev–Trinajstić information content (AvgIpc) is 3.16. The number of ether oxygens (including phenoxy) is 1. The highest BCUT2D eigenvalue weighted by Crippen LogP contribution is 2.28. The van der Waals surface area contributed by atoms with Gasteiger partial charge >= 0.3 is 0 Å². The molecule has 22 heavy (non-hydrogen) atoms. The van der Waals surface area contributed by atoms with Crippen LogP contribution in [0.5, 0.6) is 0 Å². The number of rotatable bonds is 6. The van der Waals surface area contributed by atoms with E-state index in [2.05, 4.69) is 40.8 Å². The predicted octanol–water partition coefficient (Wildman–Crippen LogP) is 2.62. The molecule has 0 amide bonds. The Morgan fingerprint density at radius 1 is 1.32 bits per heavy atom. The van der Waals surface area contributed by atoms with Gasteiger partial charge in [-0.1, -0.05) is 15.9 Å². The highest BCUT2D eigenvalue weighted by Gasteiger charge is 2.13. The largest absolute Gasteiger partial charge is 0.384 e. The minimum absolute atomic E-state index is 0.609. The molecule has 2 heterocycles. The summed E-state index contributed by atoms with van der Waals surface area (Å²) in [4.78, 5) is 4.45. The molecular weight excluding hydrogens is 388 g/mol. The minimum atomic E-state index is 0.609. The van der Waals surface area contributed by atoms with Crippen LogP contribution in [0.4, 0.5) is 0 Å². The van der Waals surface area contributed by atoms with E-state index < -0.39 is 0 Å². The van der Waals surface area contributed by atoms with Crippen molar-refractivity contribution in [2.75, 3.05) is 13.7 Å². The highest BCUT2D eigenvalue weighted by molar-refractivity contribution is 9.10. The van der Waals surface area contributed by atoms with E-state index in [1.807, 2.05) is 24.3 Å². The standard InChI is InChI=1S/C12H11BrN6OS2/c1-20-7-6-10-14-12(22-16-10)21-11-15-17-18-19(11)9-4-2-8(13)3-5-9/h2-5H,6-7H2,1H3. The van der Waals surface area contributed by atoms with Crippen molar-refractivity contribution < 1.29 is 4.74 Å². The Kier molecular flexibility index (Phi) is 5.13. The number of hydrogen-bond acceptors (Lipinski definition) is 8. The van der Waals surface area contributed by atoms with E-state index in [-0.39, 0.29) is 0 Å². The fourth-order valence-electron chi connectivity index (χ4n) is 1.64. The summed E-state index contributed by atoms with van der Waals surface area (Å²) in [6, 6.07) is 7.77. The maximum absolute atomic E-state index is 5.03. The zero-order chi connectivity index (χ0) is 15.4. The minimum Gasteiger partial charge on any atom is -0.384 e. The van der Waals surface area contributed by atoms with Gasteiger partial charge < -0.3 is 4.74 Å². The maximum Gasteiger partial charge on any atom is 0.221 e. The molecule has 0 spiro atoms. The van der Waals surface area contributed by atoms with Crippen LogP contribution in [-0.4, -0.2) is 43.3 Å². The van der Waals surface area contributed by atoms with Crippen molar-refractivity contribution in [3.05, 3.63) is 34.6 Å². The molecule has 0 unspecified atom stereocenters. The van der Waals surface area contributed by atoms with Crippen molar-refractivity contribution >= 4 is 39.2 Å². The Labute approximate surface area is 143 Å². The second kappa shape index (κ2) is 7.27. The molecule has 0 aliphatic heterocycles. The zero-order valence-electron chi connectivity index (χ0n) is 11.5. The van der Waals surface area contributed by atoms with Gasteiger partial charge in [0.25, 0.3) is 0 Å². The summed E-state index contributed by atoms with van der Waals surface area (Å²) in [6.07, 6.45) is 0.700. The molecule has 0 aliphatic carbocycles. The first-order valence-electron chi connectivity index (χ1n) is 6.30. The second-order valence-corrected chi connectivity index (χ2v) is 7.05. The summed E-state index contributed by atoms with van der Waals surface area (Å²) in [5.41, 5.74) is 0.889. The van der Waals surface area contributed by atoms with Gasteiger partial charge in [0.1, 0.15) is 5.82 Å². The van der Waals surface area contributed by atoms with Crippen LogP contribution in [0, 0.1) is 0 Å². The van der Waals surface area contributed by atoms with Gasteiger partial charge in [-0.05, 0) is 58.0 Å². The number of nitrogens with zero attached hydrogens (tertiary/aromatic N) is 6. The first-order valence-corrected chi connectivity index (χ1v) is 8.68. The Bertz CT molecular complexity index is 744. The summed E-state index contributed by atoms with van der Waals surface area (Å²) in [6.45, 7) is 0.609. The third kappa shape index (κ3) is 3.69. The van der Waals surface area contributed by atoms with Crippen LogP contribution in [0.2, 0.25) is 0 Å². The summed E-state index contributed by atoms with van der Waals surface area (Å²) in [5.74, 6) is 0.775. The highest BCUT2D eigenvalue weighted by atomic mass is 79.9. The predicted molar refractivity (Wildman–Crippen MR) is 86.5 cm³/mol. The van der Waals surface area contributed by atoms with Crippen molar-refractivity contribution in [1.82, 2.24) is 29.6 Å². The summed E-state index contributed by atoms with van der Waals surface area (Å²) in [5, 5.41) is 12.5. The molecule has 10 heteroatoms. The van der Waals surface area contributed by atoms with Crippen molar-refractivity contribution in [3.63, 3.8) is 0 Å². The van der Waals surface area contributed by atoms with Crippen molar-refractivity contribution in [2.45, 2.75) is 15.9 Å². The molecule has 0 saturated carbocycles. The Morgan fingerprint density at radius 3 is 2.91 bits per heavy atom. The second-order valence-electron chi connectivity index (χ2n) is 4.17. The van der Waals surface area contributed by atoms with Crippen LogP contribution >= 0.6 is 39.2 Å².